The summed E-state index contributed by atoms with van der Waals surface area (Å²) in [6, 6.07) is 8.93. The molecule has 1 saturated carbocycles. The Morgan fingerprint density at radius 2 is 1.67 bits per heavy atom. The molecule has 6 nitrogen and oxygen atoms in total. The highest BCUT2D eigenvalue weighted by Crippen LogP contribution is 2.55. The van der Waals surface area contributed by atoms with Crippen molar-refractivity contribution in [1.29, 1.82) is 5.26 Å². The average molecular weight is 517 g/mol. The van der Waals surface area contributed by atoms with Gasteiger partial charge in [-0.25, -0.2) is 8.78 Å². The highest BCUT2D eigenvalue weighted by atomic mass is 35.5. The van der Waals surface area contributed by atoms with Crippen molar-refractivity contribution in [3.8, 4) is 11.8 Å². The molecule has 1 N–H and O–H groups in total. The van der Waals surface area contributed by atoms with Gasteiger partial charge in [0, 0.05) is 54.8 Å². The fourth-order valence-corrected chi connectivity index (χ4v) is 6.04. The van der Waals surface area contributed by atoms with Crippen LogP contribution in [0.25, 0.3) is 0 Å². The van der Waals surface area contributed by atoms with Gasteiger partial charge in [0.2, 0.25) is 0 Å². The molecular weight excluding hydrogens is 486 g/mol. The van der Waals surface area contributed by atoms with Gasteiger partial charge in [-0.3, -0.25) is 4.79 Å². The molecular formula is C27H31ClF2N4O2. The van der Waals surface area contributed by atoms with Crippen LogP contribution in [0.5, 0.6) is 5.75 Å². The first-order valence-electron chi connectivity index (χ1n) is 12.0. The number of nitrogens with zero attached hydrogens (tertiary/aromatic N) is 3. The van der Waals surface area contributed by atoms with Crippen LogP contribution in [-0.4, -0.2) is 56.2 Å². The summed E-state index contributed by atoms with van der Waals surface area (Å²) < 4.78 is 36.2. The van der Waals surface area contributed by atoms with E-state index >= 15 is 8.78 Å². The monoisotopic (exact) mass is 516 g/mol. The lowest BCUT2D eigenvalue weighted by Gasteiger charge is -2.63. The van der Waals surface area contributed by atoms with Crippen LogP contribution in [0.1, 0.15) is 43.6 Å². The molecule has 1 amide bonds. The van der Waals surface area contributed by atoms with Gasteiger partial charge in [0.05, 0.1) is 10.6 Å². The average Bonchev–Trinajstić information content (AvgIpc) is 2.80. The van der Waals surface area contributed by atoms with Gasteiger partial charge >= 0.3 is 0 Å². The normalized spacial score (nSPS) is 22.9. The van der Waals surface area contributed by atoms with E-state index in [4.69, 9.17) is 21.6 Å². The van der Waals surface area contributed by atoms with Gasteiger partial charge in [-0.2, -0.15) is 5.26 Å². The molecule has 0 radical (unpaired) electrons. The summed E-state index contributed by atoms with van der Waals surface area (Å²) >= 11 is 6.14. The maximum atomic E-state index is 15.0. The highest BCUT2D eigenvalue weighted by molar-refractivity contribution is 6.31. The number of hydrogen-bond acceptors (Lipinski definition) is 5. The van der Waals surface area contributed by atoms with Crippen molar-refractivity contribution in [2.24, 2.45) is 10.8 Å². The lowest BCUT2D eigenvalue weighted by atomic mass is 9.49. The maximum absolute atomic E-state index is 15.0. The van der Waals surface area contributed by atoms with E-state index in [0.29, 0.717) is 35.1 Å². The van der Waals surface area contributed by atoms with Crippen molar-refractivity contribution < 1.29 is 18.3 Å². The fraction of sp³-hybridized carbons (Fsp3) is 0.481. The molecule has 2 fully saturated rings. The molecule has 1 aliphatic carbocycles. The Bertz CT molecular complexity index is 1180. The zero-order chi connectivity index (χ0) is 26.4. The van der Waals surface area contributed by atoms with E-state index in [1.807, 2.05) is 45.7 Å². The van der Waals surface area contributed by atoms with E-state index in [-0.39, 0.29) is 6.10 Å². The molecule has 2 aliphatic rings. The van der Waals surface area contributed by atoms with Crippen LogP contribution in [0.4, 0.5) is 14.5 Å². The molecule has 36 heavy (non-hydrogen) atoms. The van der Waals surface area contributed by atoms with Crippen LogP contribution < -0.4 is 15.0 Å². The van der Waals surface area contributed by atoms with Crippen LogP contribution in [0, 0.1) is 33.8 Å². The van der Waals surface area contributed by atoms with Crippen LogP contribution in [-0.2, 0) is 0 Å². The Morgan fingerprint density at radius 3 is 2.19 bits per heavy atom. The fourth-order valence-electron chi connectivity index (χ4n) is 5.82. The Hall–Kier alpha value is -2.89. The van der Waals surface area contributed by atoms with Gasteiger partial charge in [-0.15, -0.1) is 0 Å². The van der Waals surface area contributed by atoms with Crippen LogP contribution >= 0.6 is 11.6 Å². The molecule has 0 unspecified atom stereocenters. The lowest BCUT2D eigenvalue weighted by molar-refractivity contribution is -0.164. The second-order valence-corrected chi connectivity index (χ2v) is 11.3. The summed E-state index contributed by atoms with van der Waals surface area (Å²) in [7, 11) is 2.00. The zero-order valence-corrected chi connectivity index (χ0v) is 21.9. The first-order valence-corrected chi connectivity index (χ1v) is 12.3. The molecule has 9 heteroatoms. The van der Waals surface area contributed by atoms with E-state index in [1.54, 1.807) is 18.2 Å². The van der Waals surface area contributed by atoms with Gasteiger partial charge in [0.25, 0.3) is 5.91 Å². The van der Waals surface area contributed by atoms with E-state index in [2.05, 4.69) is 10.2 Å². The number of likely N-dealkylation sites (N-methyl/N-ethyl adjacent to an activating group) is 1. The third-order valence-corrected chi connectivity index (χ3v) is 7.86. The van der Waals surface area contributed by atoms with Gasteiger partial charge in [0.15, 0.2) is 0 Å². The topological polar surface area (TPSA) is 68.6 Å². The minimum Gasteiger partial charge on any atom is -0.489 e. The first-order chi connectivity index (χ1) is 16.9. The molecule has 0 atom stereocenters. The highest BCUT2D eigenvalue weighted by Gasteiger charge is 2.64. The SMILES string of the molecule is CN1CCN(c2cc(F)c(C(=O)NC3C(C)(C)C(Oc4ccc(C#N)c(Cl)c4)C3(C)C)c(F)c2)CC1. The van der Waals surface area contributed by atoms with Crippen LogP contribution in [0.15, 0.2) is 30.3 Å². The predicted octanol–water partition coefficient (Wildman–Crippen LogP) is 4.85. The van der Waals surface area contributed by atoms with E-state index < -0.39 is 40.0 Å². The summed E-state index contributed by atoms with van der Waals surface area (Å²) in [4.78, 5) is 17.1. The molecule has 192 valence electrons. The number of halogens is 3. The van der Waals surface area contributed by atoms with Crippen molar-refractivity contribution in [2.75, 3.05) is 38.1 Å². The van der Waals surface area contributed by atoms with E-state index in [9.17, 15) is 4.79 Å². The molecule has 1 aliphatic heterocycles. The number of nitriles is 1. The summed E-state index contributed by atoms with van der Waals surface area (Å²) in [5.74, 6) is -2.04. The van der Waals surface area contributed by atoms with Crippen molar-refractivity contribution in [2.45, 2.75) is 39.8 Å². The Labute approximate surface area is 215 Å². The van der Waals surface area contributed by atoms with Gasteiger partial charge in [-0.05, 0) is 31.3 Å². The molecule has 0 bridgehead atoms. The Kier molecular flexibility index (Phi) is 6.93. The zero-order valence-electron chi connectivity index (χ0n) is 21.2. The quantitative estimate of drug-likeness (QED) is 0.615. The third-order valence-electron chi connectivity index (χ3n) is 7.55. The molecule has 1 saturated heterocycles. The summed E-state index contributed by atoms with van der Waals surface area (Å²) in [6.45, 7) is 10.7. The molecule has 2 aromatic rings. The van der Waals surface area contributed by atoms with Crippen LogP contribution in [0.2, 0.25) is 5.02 Å². The van der Waals surface area contributed by atoms with Crippen molar-refractivity contribution >= 4 is 23.2 Å². The predicted molar refractivity (Wildman–Crippen MR) is 135 cm³/mol. The number of piperazine rings is 1. The molecule has 0 aromatic heterocycles. The Morgan fingerprint density at radius 1 is 1.08 bits per heavy atom. The smallest absolute Gasteiger partial charge is 0.257 e. The van der Waals surface area contributed by atoms with Gasteiger partial charge in [-0.1, -0.05) is 39.3 Å². The molecule has 1 heterocycles. The van der Waals surface area contributed by atoms with Gasteiger partial charge in [0.1, 0.15) is 35.1 Å². The minimum atomic E-state index is -0.878. The number of hydrogen-bond donors (Lipinski definition) is 1. The summed E-state index contributed by atoms with van der Waals surface area (Å²) in [5, 5.41) is 12.2. The largest absolute Gasteiger partial charge is 0.489 e. The van der Waals surface area contributed by atoms with Crippen molar-refractivity contribution in [3.05, 3.63) is 58.1 Å². The molecule has 0 spiro atoms. The number of amides is 1. The number of ether oxygens (including phenoxy) is 1. The first kappa shape index (κ1) is 26.2. The number of carbonyl (C=O) groups is 1. The lowest BCUT2D eigenvalue weighted by Crippen LogP contribution is -2.74. The maximum Gasteiger partial charge on any atom is 0.257 e. The van der Waals surface area contributed by atoms with Crippen molar-refractivity contribution in [1.82, 2.24) is 10.2 Å². The number of nitrogens with one attached hydrogen (secondary N) is 1. The number of benzene rings is 2. The summed E-state index contributed by atoms with van der Waals surface area (Å²) in [6.07, 6.45) is -0.325. The van der Waals surface area contributed by atoms with E-state index in [1.165, 1.54) is 12.1 Å². The van der Waals surface area contributed by atoms with Crippen LogP contribution in [0.3, 0.4) is 0 Å². The third kappa shape index (κ3) is 4.62. The second-order valence-electron chi connectivity index (χ2n) is 10.9. The number of carbonyl (C=O) groups excluding carboxylic acids is 1. The summed E-state index contributed by atoms with van der Waals surface area (Å²) in [5.41, 5.74) is -0.890. The number of rotatable bonds is 5. The number of anilines is 1. The second kappa shape index (κ2) is 9.53. The van der Waals surface area contributed by atoms with E-state index in [0.717, 1.165) is 13.1 Å². The van der Waals surface area contributed by atoms with Gasteiger partial charge < -0.3 is 19.9 Å². The standard InChI is InChI=1S/C27H31ClF2N4O2/c1-26(2)24(27(3,4)25(26)36-18-7-6-16(15-31)19(28)14-18)32-23(35)22-20(29)12-17(13-21(22)30)34-10-8-33(5)9-11-34/h6-7,12-14,24-25H,8-11H2,1-5H3,(H,32,35). The molecule has 2 aromatic carbocycles. The Balaban J connectivity index is 1.50. The van der Waals surface area contributed by atoms with Crippen molar-refractivity contribution in [3.63, 3.8) is 0 Å². The molecule has 4 rings (SSSR count). The minimum absolute atomic E-state index is 0.292.